The first kappa shape index (κ1) is 18.8. The van der Waals surface area contributed by atoms with Crippen LogP contribution in [-0.4, -0.2) is 33.7 Å². The Kier molecular flexibility index (Phi) is 4.59. The van der Waals surface area contributed by atoms with Crippen molar-refractivity contribution in [1.82, 2.24) is 14.8 Å². The van der Waals surface area contributed by atoms with E-state index in [1.54, 1.807) is 7.11 Å². The molecule has 0 unspecified atom stereocenters. The molecule has 0 aliphatic carbocycles. The number of hydrogen-bond acceptors (Lipinski definition) is 5. The minimum Gasteiger partial charge on any atom is -0.497 e. The Bertz CT molecular complexity index is 1290. The molecular formula is C23H19N5O3. The van der Waals surface area contributed by atoms with Gasteiger partial charge in [-0.05, 0) is 35.7 Å². The lowest BCUT2D eigenvalue weighted by Crippen LogP contribution is -2.23. The lowest BCUT2D eigenvalue weighted by atomic mass is 10.1. The van der Waals surface area contributed by atoms with Crippen LogP contribution in [0.25, 0.3) is 22.2 Å². The molecule has 5 rings (SSSR count). The van der Waals surface area contributed by atoms with Gasteiger partial charge in [-0.25, -0.2) is 4.68 Å². The Morgan fingerprint density at radius 1 is 1.10 bits per heavy atom. The van der Waals surface area contributed by atoms with Gasteiger partial charge in [-0.15, -0.1) is 5.10 Å². The molecule has 1 aliphatic rings. The quantitative estimate of drug-likeness (QED) is 0.521. The van der Waals surface area contributed by atoms with Crippen LogP contribution in [0.1, 0.15) is 12.5 Å². The predicted molar refractivity (Wildman–Crippen MR) is 117 cm³/mol. The molecular weight excluding hydrogens is 394 g/mol. The van der Waals surface area contributed by atoms with Crippen LogP contribution >= 0.6 is 0 Å². The number of nitrogens with zero attached hydrogens (tertiary/aromatic N) is 3. The number of hydrogen-bond donors (Lipinski definition) is 2. The Hall–Kier alpha value is -4.20. The van der Waals surface area contributed by atoms with E-state index in [0.29, 0.717) is 17.5 Å². The van der Waals surface area contributed by atoms with Gasteiger partial charge in [0, 0.05) is 16.6 Å². The zero-order chi connectivity index (χ0) is 21.4. The molecule has 3 aromatic carbocycles. The summed E-state index contributed by atoms with van der Waals surface area (Å²) in [5.74, 6) is 0.956. The second-order valence-electron chi connectivity index (χ2n) is 7.22. The molecule has 8 heteroatoms. The van der Waals surface area contributed by atoms with Gasteiger partial charge in [-0.1, -0.05) is 36.4 Å². The zero-order valence-corrected chi connectivity index (χ0v) is 16.7. The van der Waals surface area contributed by atoms with Crippen LogP contribution in [0.5, 0.6) is 5.75 Å². The van der Waals surface area contributed by atoms with E-state index in [1.165, 1.54) is 4.68 Å². The Labute approximate surface area is 177 Å². The number of methoxy groups -OCH3 is 1. The molecule has 0 saturated heterocycles. The van der Waals surface area contributed by atoms with Crippen LogP contribution in [0.4, 0.5) is 11.6 Å². The molecule has 154 valence electrons. The summed E-state index contributed by atoms with van der Waals surface area (Å²) < 4.78 is 6.65. The lowest BCUT2D eigenvalue weighted by Gasteiger charge is -2.11. The number of anilines is 2. The molecule has 2 amide bonds. The standard InChI is InChI=1S/C23H19N5O3/c1-31-16-11-9-15(10-12-16)21-25-23-26-22(30)19(28(23)27-21)13-20(29)24-18-8-4-6-14-5-2-3-7-17(14)18/h2-12,19H,13H2,1H3,(H,24,29)(H,25,26,27,30)/t19-/m0/s1. The molecule has 2 heterocycles. The van der Waals surface area contributed by atoms with E-state index < -0.39 is 6.04 Å². The molecule has 1 atom stereocenters. The van der Waals surface area contributed by atoms with Gasteiger partial charge in [0.2, 0.25) is 11.9 Å². The van der Waals surface area contributed by atoms with E-state index >= 15 is 0 Å². The molecule has 31 heavy (non-hydrogen) atoms. The number of carbonyl (C=O) groups is 2. The Morgan fingerprint density at radius 3 is 2.68 bits per heavy atom. The van der Waals surface area contributed by atoms with Gasteiger partial charge in [0.15, 0.2) is 5.82 Å². The molecule has 2 N–H and O–H groups in total. The fourth-order valence-corrected chi connectivity index (χ4v) is 3.68. The third-order valence-electron chi connectivity index (χ3n) is 5.25. The maximum atomic E-state index is 12.7. The van der Waals surface area contributed by atoms with E-state index in [1.807, 2.05) is 66.7 Å². The van der Waals surface area contributed by atoms with Crippen LogP contribution < -0.4 is 15.4 Å². The van der Waals surface area contributed by atoms with Crippen molar-refractivity contribution in [2.45, 2.75) is 12.5 Å². The molecule has 0 fully saturated rings. The maximum Gasteiger partial charge on any atom is 0.252 e. The van der Waals surface area contributed by atoms with E-state index in [2.05, 4.69) is 20.7 Å². The molecule has 0 spiro atoms. The van der Waals surface area contributed by atoms with Crippen molar-refractivity contribution in [3.63, 3.8) is 0 Å². The van der Waals surface area contributed by atoms with E-state index in [-0.39, 0.29) is 18.2 Å². The number of carbonyl (C=O) groups excluding carboxylic acids is 2. The van der Waals surface area contributed by atoms with Crippen molar-refractivity contribution in [2.75, 3.05) is 17.7 Å². The van der Waals surface area contributed by atoms with Gasteiger partial charge in [0.05, 0.1) is 13.5 Å². The number of nitrogens with one attached hydrogen (secondary N) is 2. The van der Waals surface area contributed by atoms with Gasteiger partial charge in [0.1, 0.15) is 11.8 Å². The summed E-state index contributed by atoms with van der Waals surface area (Å²) in [6.07, 6.45) is -0.0481. The summed E-state index contributed by atoms with van der Waals surface area (Å²) in [7, 11) is 1.60. The summed E-state index contributed by atoms with van der Waals surface area (Å²) in [4.78, 5) is 29.6. The molecule has 8 nitrogen and oxygen atoms in total. The fraction of sp³-hybridized carbons (Fsp3) is 0.130. The number of benzene rings is 3. The molecule has 1 aromatic heterocycles. The van der Waals surface area contributed by atoms with Crippen LogP contribution in [0.3, 0.4) is 0 Å². The Morgan fingerprint density at radius 2 is 1.87 bits per heavy atom. The monoisotopic (exact) mass is 413 g/mol. The highest BCUT2D eigenvalue weighted by Gasteiger charge is 2.35. The zero-order valence-electron chi connectivity index (χ0n) is 16.7. The van der Waals surface area contributed by atoms with Crippen LogP contribution in [0.2, 0.25) is 0 Å². The summed E-state index contributed by atoms with van der Waals surface area (Å²) in [6, 6.07) is 20.1. The van der Waals surface area contributed by atoms with Crippen LogP contribution in [-0.2, 0) is 9.59 Å². The first-order valence-corrected chi connectivity index (χ1v) is 9.82. The van der Waals surface area contributed by atoms with E-state index in [4.69, 9.17) is 4.74 Å². The first-order chi connectivity index (χ1) is 15.1. The lowest BCUT2D eigenvalue weighted by molar-refractivity contribution is -0.123. The largest absolute Gasteiger partial charge is 0.497 e. The van der Waals surface area contributed by atoms with Gasteiger partial charge in [-0.2, -0.15) is 4.98 Å². The van der Waals surface area contributed by atoms with Gasteiger partial charge in [0.25, 0.3) is 5.91 Å². The summed E-state index contributed by atoms with van der Waals surface area (Å²) in [5.41, 5.74) is 1.50. The maximum absolute atomic E-state index is 12.7. The van der Waals surface area contributed by atoms with Gasteiger partial charge in [-0.3, -0.25) is 14.9 Å². The number of ether oxygens (including phenoxy) is 1. The summed E-state index contributed by atoms with van der Waals surface area (Å²) in [6.45, 7) is 0. The number of fused-ring (bicyclic) bond motifs is 2. The topological polar surface area (TPSA) is 98.1 Å². The van der Waals surface area contributed by atoms with E-state index in [9.17, 15) is 9.59 Å². The summed E-state index contributed by atoms with van der Waals surface area (Å²) >= 11 is 0. The van der Waals surface area contributed by atoms with Gasteiger partial charge >= 0.3 is 0 Å². The molecule has 1 aliphatic heterocycles. The molecule has 0 radical (unpaired) electrons. The van der Waals surface area contributed by atoms with Crippen molar-refractivity contribution >= 4 is 34.2 Å². The highest BCUT2D eigenvalue weighted by atomic mass is 16.5. The van der Waals surface area contributed by atoms with E-state index in [0.717, 1.165) is 22.1 Å². The average molecular weight is 413 g/mol. The minimum absolute atomic E-state index is 0.0481. The second-order valence-corrected chi connectivity index (χ2v) is 7.22. The average Bonchev–Trinajstić information content (AvgIpc) is 3.32. The van der Waals surface area contributed by atoms with Gasteiger partial charge < -0.3 is 10.1 Å². The minimum atomic E-state index is -0.760. The molecule has 0 bridgehead atoms. The third kappa shape index (κ3) is 3.48. The van der Waals surface area contributed by atoms with Crippen molar-refractivity contribution in [3.05, 3.63) is 66.7 Å². The second kappa shape index (κ2) is 7.56. The number of amides is 2. The smallest absolute Gasteiger partial charge is 0.252 e. The predicted octanol–water partition coefficient (Wildman–Crippen LogP) is 3.63. The number of aromatic nitrogens is 3. The highest BCUT2D eigenvalue weighted by molar-refractivity contribution is 6.05. The van der Waals surface area contributed by atoms with Crippen molar-refractivity contribution in [1.29, 1.82) is 0 Å². The van der Waals surface area contributed by atoms with Crippen molar-refractivity contribution in [3.8, 4) is 17.1 Å². The highest BCUT2D eigenvalue weighted by Crippen LogP contribution is 2.30. The Balaban J connectivity index is 1.36. The normalized spacial score (nSPS) is 14.9. The van der Waals surface area contributed by atoms with Crippen molar-refractivity contribution in [2.24, 2.45) is 0 Å². The number of rotatable bonds is 5. The fourth-order valence-electron chi connectivity index (χ4n) is 3.68. The molecule has 0 saturated carbocycles. The van der Waals surface area contributed by atoms with Crippen LogP contribution in [0.15, 0.2) is 66.7 Å². The summed E-state index contributed by atoms with van der Waals surface area (Å²) in [5, 5.41) is 12.1. The third-order valence-corrected chi connectivity index (χ3v) is 5.25. The van der Waals surface area contributed by atoms with Crippen molar-refractivity contribution < 1.29 is 14.3 Å². The molecule has 4 aromatic rings. The van der Waals surface area contributed by atoms with Crippen LogP contribution in [0, 0.1) is 0 Å². The first-order valence-electron chi connectivity index (χ1n) is 9.82. The SMILES string of the molecule is COc1ccc(-c2nc3n(n2)[C@@H](CC(=O)Nc2cccc4ccccc24)C(=O)N3)cc1.